The van der Waals surface area contributed by atoms with Crippen LogP contribution in [0.2, 0.25) is 0 Å². The van der Waals surface area contributed by atoms with Gasteiger partial charge in [0, 0.05) is 6.42 Å². The molecule has 1 aromatic carbocycles. The second-order valence-electron chi connectivity index (χ2n) is 5.28. The predicted octanol–water partition coefficient (Wildman–Crippen LogP) is 0.801. The number of hydrazine groups is 1. The minimum Gasteiger partial charge on any atom is -0.465 e. The van der Waals surface area contributed by atoms with E-state index < -0.39 is 27.4 Å². The van der Waals surface area contributed by atoms with E-state index in [4.69, 9.17) is 4.74 Å². The lowest BCUT2D eigenvalue weighted by molar-refractivity contribution is -0.145. The van der Waals surface area contributed by atoms with E-state index in [1.54, 1.807) is 13.0 Å². The normalized spacial score (nSPS) is 21.6. The Labute approximate surface area is 130 Å². The molecule has 3 N–H and O–H groups in total. The van der Waals surface area contributed by atoms with E-state index in [0.717, 1.165) is 11.1 Å². The van der Waals surface area contributed by atoms with E-state index >= 15 is 0 Å². The number of benzene rings is 1. The Kier molecular flexibility index (Phi) is 5.05. The van der Waals surface area contributed by atoms with Crippen molar-refractivity contribution in [3.8, 4) is 0 Å². The molecule has 7 nitrogen and oxygen atoms in total. The molecule has 2 atom stereocenters. The van der Waals surface area contributed by atoms with Crippen molar-refractivity contribution in [3.05, 3.63) is 29.3 Å². The molecule has 1 saturated heterocycles. The van der Waals surface area contributed by atoms with Crippen LogP contribution in [0.25, 0.3) is 0 Å². The van der Waals surface area contributed by atoms with Gasteiger partial charge in [0.05, 0.1) is 12.3 Å². The molecule has 1 aliphatic rings. The van der Waals surface area contributed by atoms with Crippen molar-refractivity contribution in [1.29, 1.82) is 0 Å². The Morgan fingerprint density at radius 2 is 2.09 bits per heavy atom. The summed E-state index contributed by atoms with van der Waals surface area (Å²) in [4.78, 5) is 11.6. The summed E-state index contributed by atoms with van der Waals surface area (Å²) in [6, 6.07) is 4.88. The van der Waals surface area contributed by atoms with Crippen molar-refractivity contribution < 1.29 is 17.9 Å². The first kappa shape index (κ1) is 16.7. The van der Waals surface area contributed by atoms with Crippen LogP contribution in [0.15, 0.2) is 18.2 Å². The highest BCUT2D eigenvalue weighted by molar-refractivity contribution is 7.93. The number of sulfonamides is 1. The van der Waals surface area contributed by atoms with Crippen molar-refractivity contribution >= 4 is 21.7 Å². The van der Waals surface area contributed by atoms with Gasteiger partial charge in [-0.3, -0.25) is 9.52 Å². The molecule has 122 valence electrons. The number of anilines is 1. The lowest BCUT2D eigenvalue weighted by Crippen LogP contribution is -2.41. The fourth-order valence-corrected chi connectivity index (χ4v) is 3.54. The van der Waals surface area contributed by atoms with Crippen molar-refractivity contribution in [3.63, 3.8) is 0 Å². The van der Waals surface area contributed by atoms with Crippen LogP contribution in [0.5, 0.6) is 0 Å². The van der Waals surface area contributed by atoms with Crippen LogP contribution in [0.3, 0.4) is 0 Å². The fourth-order valence-electron chi connectivity index (χ4n) is 2.20. The first-order chi connectivity index (χ1) is 10.3. The van der Waals surface area contributed by atoms with Gasteiger partial charge in [0.25, 0.3) is 0 Å². The van der Waals surface area contributed by atoms with E-state index in [1.165, 1.54) is 0 Å². The molecule has 1 heterocycles. The molecular weight excluding hydrogens is 306 g/mol. The smallest absolute Gasteiger partial charge is 0.324 e. The van der Waals surface area contributed by atoms with E-state index in [1.807, 2.05) is 26.0 Å². The minimum atomic E-state index is -3.67. The number of ether oxygens (including phenoxy) is 1. The van der Waals surface area contributed by atoms with Gasteiger partial charge in [-0.1, -0.05) is 12.1 Å². The number of nitrogens with one attached hydrogen (secondary N) is 3. The predicted molar refractivity (Wildman–Crippen MR) is 83.6 cm³/mol. The van der Waals surface area contributed by atoms with Crippen LogP contribution in [-0.2, 0) is 19.6 Å². The number of rotatable bonds is 5. The lowest BCUT2D eigenvalue weighted by atomic mass is 10.1. The Hall–Kier alpha value is -1.64. The topological polar surface area (TPSA) is 96.5 Å². The molecule has 0 bridgehead atoms. The van der Waals surface area contributed by atoms with Gasteiger partial charge >= 0.3 is 5.97 Å². The van der Waals surface area contributed by atoms with E-state index in [0.29, 0.717) is 5.69 Å². The highest BCUT2D eigenvalue weighted by Gasteiger charge is 2.38. The SMILES string of the molecule is CCOC(=O)C1CC(S(=O)(=O)Nc2cc(C)ccc2C)NN1. The largest absolute Gasteiger partial charge is 0.465 e. The first-order valence-corrected chi connectivity index (χ1v) is 8.64. The quantitative estimate of drug-likeness (QED) is 0.692. The molecule has 8 heteroatoms. The number of carbonyl (C=O) groups excluding carboxylic acids is 1. The van der Waals surface area contributed by atoms with Crippen LogP contribution < -0.4 is 15.6 Å². The maximum Gasteiger partial charge on any atom is 0.324 e. The monoisotopic (exact) mass is 327 g/mol. The van der Waals surface area contributed by atoms with Gasteiger partial charge in [-0.25, -0.2) is 19.3 Å². The lowest BCUT2D eigenvalue weighted by Gasteiger charge is -2.15. The van der Waals surface area contributed by atoms with E-state index in [2.05, 4.69) is 15.6 Å². The fraction of sp³-hybridized carbons (Fsp3) is 0.500. The average Bonchev–Trinajstić information content (AvgIpc) is 2.93. The molecule has 1 fully saturated rings. The highest BCUT2D eigenvalue weighted by Crippen LogP contribution is 2.21. The van der Waals surface area contributed by atoms with Crippen molar-refractivity contribution in [2.45, 2.75) is 38.6 Å². The Morgan fingerprint density at radius 3 is 2.77 bits per heavy atom. The summed E-state index contributed by atoms with van der Waals surface area (Å²) >= 11 is 0. The van der Waals surface area contributed by atoms with E-state index in [-0.39, 0.29) is 13.0 Å². The molecule has 0 saturated carbocycles. The van der Waals surface area contributed by atoms with Gasteiger partial charge < -0.3 is 4.74 Å². The molecule has 1 aliphatic heterocycles. The van der Waals surface area contributed by atoms with Gasteiger partial charge in [0.2, 0.25) is 10.0 Å². The Morgan fingerprint density at radius 1 is 1.36 bits per heavy atom. The van der Waals surface area contributed by atoms with Gasteiger partial charge in [-0.05, 0) is 38.0 Å². The summed E-state index contributed by atoms with van der Waals surface area (Å²) in [5.74, 6) is -0.459. The minimum absolute atomic E-state index is 0.110. The summed E-state index contributed by atoms with van der Waals surface area (Å²) in [6.07, 6.45) is 0.110. The maximum absolute atomic E-state index is 12.4. The average molecular weight is 327 g/mol. The maximum atomic E-state index is 12.4. The number of esters is 1. The van der Waals surface area contributed by atoms with Gasteiger partial charge in [0.15, 0.2) is 0 Å². The molecule has 0 aromatic heterocycles. The molecule has 2 rings (SSSR count). The summed E-state index contributed by atoms with van der Waals surface area (Å²) in [5.41, 5.74) is 7.65. The van der Waals surface area contributed by atoms with E-state index in [9.17, 15) is 13.2 Å². The van der Waals surface area contributed by atoms with Crippen LogP contribution in [0.1, 0.15) is 24.5 Å². The second-order valence-corrected chi connectivity index (χ2v) is 7.15. The number of aryl methyl sites for hydroxylation is 2. The van der Waals surface area contributed by atoms with Gasteiger partial charge in [-0.2, -0.15) is 0 Å². The Balaban J connectivity index is 2.08. The number of hydrogen-bond acceptors (Lipinski definition) is 6. The van der Waals surface area contributed by atoms with Crippen LogP contribution in [-0.4, -0.2) is 32.4 Å². The molecule has 0 spiro atoms. The zero-order valence-corrected chi connectivity index (χ0v) is 13.7. The summed E-state index contributed by atoms with van der Waals surface area (Å²) < 4.78 is 32.3. The molecule has 0 amide bonds. The molecular formula is C14H21N3O4S. The highest BCUT2D eigenvalue weighted by atomic mass is 32.2. The molecule has 22 heavy (non-hydrogen) atoms. The number of hydrogen-bond donors (Lipinski definition) is 3. The first-order valence-electron chi connectivity index (χ1n) is 7.10. The standard InChI is InChI=1S/C14H21N3O4S/c1-4-21-14(18)12-8-13(16-15-12)22(19,20)17-11-7-9(2)5-6-10(11)3/h5-7,12-13,15-17H,4,8H2,1-3H3. The van der Waals surface area contributed by atoms with Gasteiger partial charge in [-0.15, -0.1) is 0 Å². The van der Waals surface area contributed by atoms with Crippen LogP contribution in [0.4, 0.5) is 5.69 Å². The van der Waals surface area contributed by atoms with Crippen molar-refractivity contribution in [2.24, 2.45) is 0 Å². The van der Waals surface area contributed by atoms with Gasteiger partial charge in [0.1, 0.15) is 11.4 Å². The molecule has 0 radical (unpaired) electrons. The van der Waals surface area contributed by atoms with Crippen molar-refractivity contribution in [1.82, 2.24) is 10.9 Å². The third-order valence-electron chi connectivity index (χ3n) is 3.46. The summed E-state index contributed by atoms with van der Waals surface area (Å²) in [6.45, 7) is 5.69. The molecule has 1 aromatic rings. The summed E-state index contributed by atoms with van der Waals surface area (Å²) in [7, 11) is -3.67. The molecule has 2 unspecified atom stereocenters. The van der Waals surface area contributed by atoms with Crippen molar-refractivity contribution in [2.75, 3.05) is 11.3 Å². The molecule has 0 aliphatic carbocycles. The Bertz CT molecular complexity index is 660. The zero-order chi connectivity index (χ0) is 16.3. The second kappa shape index (κ2) is 6.64. The third-order valence-corrected chi connectivity index (χ3v) is 5.02. The number of carbonyl (C=O) groups is 1. The summed E-state index contributed by atoms with van der Waals surface area (Å²) in [5, 5.41) is -0.901. The van der Waals surface area contributed by atoms with Crippen LogP contribution in [0, 0.1) is 13.8 Å². The van der Waals surface area contributed by atoms with Crippen LogP contribution >= 0.6 is 0 Å². The zero-order valence-electron chi connectivity index (χ0n) is 12.8. The third kappa shape index (κ3) is 3.76.